The van der Waals surface area contributed by atoms with Crippen molar-refractivity contribution in [1.29, 1.82) is 0 Å². The van der Waals surface area contributed by atoms with E-state index in [1.165, 1.54) is 0 Å². The second-order valence-electron chi connectivity index (χ2n) is 4.23. The van der Waals surface area contributed by atoms with Gasteiger partial charge in [-0.2, -0.15) is 0 Å². The van der Waals surface area contributed by atoms with Crippen LogP contribution in [0.3, 0.4) is 0 Å². The molecule has 0 bridgehead atoms. The normalized spacial score (nSPS) is 22.4. The maximum Gasteiger partial charge on any atom is 0.299 e. The first kappa shape index (κ1) is 10.6. The molecule has 5 heteroatoms. The summed E-state index contributed by atoms with van der Waals surface area (Å²) in [5, 5.41) is 14.9. The van der Waals surface area contributed by atoms with Gasteiger partial charge in [-0.15, -0.1) is 0 Å². The summed E-state index contributed by atoms with van der Waals surface area (Å²) in [5.41, 5.74) is 0.222. The van der Waals surface area contributed by atoms with Gasteiger partial charge in [-0.25, -0.2) is 0 Å². The third-order valence-electron chi connectivity index (χ3n) is 2.58. The van der Waals surface area contributed by atoms with Crippen molar-refractivity contribution >= 4 is 5.71 Å². The van der Waals surface area contributed by atoms with Crippen LogP contribution >= 0.6 is 0 Å². The maximum atomic E-state index is 11.0. The lowest BCUT2D eigenvalue weighted by Crippen LogP contribution is -2.44. The molecule has 0 spiro atoms. The predicted molar refractivity (Wildman–Crippen MR) is 58.9 cm³/mol. The molecule has 16 heavy (non-hydrogen) atoms. The van der Waals surface area contributed by atoms with E-state index in [-0.39, 0.29) is 4.92 Å². The van der Waals surface area contributed by atoms with Crippen LogP contribution in [0.4, 0.5) is 0 Å². The van der Waals surface area contributed by atoms with Gasteiger partial charge >= 0.3 is 0 Å². The van der Waals surface area contributed by atoms with E-state index in [4.69, 9.17) is 4.84 Å². The van der Waals surface area contributed by atoms with E-state index < -0.39 is 11.6 Å². The van der Waals surface area contributed by atoms with Crippen LogP contribution in [0.25, 0.3) is 0 Å². The Labute approximate surface area is 92.9 Å². The summed E-state index contributed by atoms with van der Waals surface area (Å²) in [7, 11) is 0. The molecule has 2 rings (SSSR count). The van der Waals surface area contributed by atoms with E-state index in [9.17, 15) is 10.1 Å². The van der Waals surface area contributed by atoms with Crippen molar-refractivity contribution in [1.82, 2.24) is 0 Å². The Kier molecular flexibility index (Phi) is 2.38. The van der Waals surface area contributed by atoms with Gasteiger partial charge in [0, 0.05) is 10.5 Å². The van der Waals surface area contributed by atoms with Crippen LogP contribution < -0.4 is 0 Å². The molecular formula is C11H12N2O3. The van der Waals surface area contributed by atoms with Gasteiger partial charge in [0.05, 0.1) is 0 Å². The Morgan fingerprint density at radius 3 is 2.56 bits per heavy atom. The van der Waals surface area contributed by atoms with Crippen LogP contribution in [0, 0.1) is 10.1 Å². The zero-order valence-corrected chi connectivity index (χ0v) is 9.08. The van der Waals surface area contributed by atoms with E-state index in [0.717, 1.165) is 5.56 Å². The van der Waals surface area contributed by atoms with Gasteiger partial charge in [0.1, 0.15) is 0 Å². The number of rotatable bonds is 2. The van der Waals surface area contributed by atoms with Crippen LogP contribution in [0.5, 0.6) is 0 Å². The highest BCUT2D eigenvalue weighted by Crippen LogP contribution is 2.28. The number of hydrogen-bond donors (Lipinski definition) is 0. The van der Waals surface area contributed by atoms with Gasteiger partial charge in [0.15, 0.2) is 5.71 Å². The number of nitro groups is 1. The second kappa shape index (κ2) is 3.59. The zero-order valence-electron chi connectivity index (χ0n) is 9.08. The molecule has 1 aromatic rings. The molecule has 1 heterocycles. The molecule has 0 aromatic heterocycles. The molecule has 0 saturated heterocycles. The molecule has 0 amide bonds. The molecule has 0 aliphatic carbocycles. The largest absolute Gasteiger partial charge is 0.381 e. The number of oxime groups is 1. The Morgan fingerprint density at radius 1 is 1.38 bits per heavy atom. The van der Waals surface area contributed by atoms with Crippen molar-refractivity contribution in [2.24, 2.45) is 5.16 Å². The van der Waals surface area contributed by atoms with Gasteiger partial charge in [0.2, 0.25) is 5.60 Å². The average Bonchev–Trinajstić information content (AvgIpc) is 2.55. The first-order valence-electron chi connectivity index (χ1n) is 4.97. The van der Waals surface area contributed by atoms with E-state index >= 15 is 0 Å². The van der Waals surface area contributed by atoms with Gasteiger partial charge in [0.25, 0.3) is 6.04 Å². The van der Waals surface area contributed by atoms with Gasteiger partial charge in [-0.05, 0) is 13.8 Å². The van der Waals surface area contributed by atoms with Gasteiger partial charge < -0.3 is 4.84 Å². The first-order valence-corrected chi connectivity index (χ1v) is 4.97. The molecule has 0 saturated carbocycles. The summed E-state index contributed by atoms with van der Waals surface area (Å²) in [6.45, 7) is 3.33. The summed E-state index contributed by atoms with van der Waals surface area (Å²) >= 11 is 0. The summed E-state index contributed by atoms with van der Waals surface area (Å²) < 4.78 is 0. The topological polar surface area (TPSA) is 64.7 Å². The van der Waals surface area contributed by atoms with Crippen molar-refractivity contribution in [2.75, 3.05) is 0 Å². The molecule has 0 radical (unpaired) electrons. The fourth-order valence-corrected chi connectivity index (χ4v) is 1.77. The molecular weight excluding hydrogens is 208 g/mol. The Bertz CT molecular complexity index is 440. The fourth-order valence-electron chi connectivity index (χ4n) is 1.77. The minimum atomic E-state index is -0.921. The Hall–Kier alpha value is -1.91. The maximum absolute atomic E-state index is 11.0. The minimum Gasteiger partial charge on any atom is -0.381 e. The van der Waals surface area contributed by atoms with Crippen molar-refractivity contribution < 1.29 is 9.76 Å². The smallest absolute Gasteiger partial charge is 0.299 e. The van der Waals surface area contributed by atoms with Crippen LogP contribution in [-0.2, 0) is 4.84 Å². The van der Waals surface area contributed by atoms with Gasteiger partial charge in [-0.1, -0.05) is 35.5 Å². The number of hydrogen-bond acceptors (Lipinski definition) is 4. The molecule has 1 aromatic carbocycles. The monoisotopic (exact) mass is 220 g/mol. The van der Waals surface area contributed by atoms with E-state index in [2.05, 4.69) is 5.16 Å². The number of nitrogens with zero attached hydrogens (tertiary/aromatic N) is 2. The van der Waals surface area contributed by atoms with Crippen LogP contribution in [-0.4, -0.2) is 22.3 Å². The van der Waals surface area contributed by atoms with Crippen LogP contribution in [0.2, 0.25) is 0 Å². The summed E-state index contributed by atoms with van der Waals surface area (Å²) in [4.78, 5) is 15.8. The van der Waals surface area contributed by atoms with E-state index in [1.807, 2.05) is 18.2 Å². The van der Waals surface area contributed by atoms with Crippen molar-refractivity contribution in [3.8, 4) is 0 Å². The summed E-state index contributed by atoms with van der Waals surface area (Å²) in [5.74, 6) is 0. The van der Waals surface area contributed by atoms with Crippen LogP contribution in [0.15, 0.2) is 35.5 Å². The first-order chi connectivity index (χ1) is 7.52. The van der Waals surface area contributed by atoms with E-state index in [0.29, 0.717) is 5.71 Å². The lowest BCUT2D eigenvalue weighted by Gasteiger charge is -2.17. The molecule has 0 unspecified atom stereocenters. The predicted octanol–water partition coefficient (Wildman–Crippen LogP) is 1.84. The molecule has 1 atom stereocenters. The fraction of sp³-hybridized carbons (Fsp3) is 0.364. The zero-order chi connectivity index (χ0) is 11.8. The number of benzene rings is 1. The molecule has 1 aliphatic heterocycles. The van der Waals surface area contributed by atoms with Gasteiger partial charge in [-0.3, -0.25) is 10.1 Å². The summed E-state index contributed by atoms with van der Waals surface area (Å²) in [6, 6.07) is 8.15. The quantitative estimate of drug-likeness (QED) is 0.564. The highest BCUT2D eigenvalue weighted by Gasteiger charge is 2.51. The van der Waals surface area contributed by atoms with Crippen molar-refractivity contribution in [3.05, 3.63) is 46.0 Å². The standard InChI is InChI=1S/C11H12N2O3/c1-11(2)10(13(14)15)9(12-16-11)8-6-4-3-5-7-8/h3-7,10H,1-2H3/t10-/m0/s1. The average molecular weight is 220 g/mol. The van der Waals surface area contributed by atoms with E-state index in [1.54, 1.807) is 26.0 Å². The third-order valence-corrected chi connectivity index (χ3v) is 2.58. The summed E-state index contributed by atoms with van der Waals surface area (Å²) in [6.07, 6.45) is 0. The molecule has 5 nitrogen and oxygen atoms in total. The lowest BCUT2D eigenvalue weighted by molar-refractivity contribution is -0.519. The molecule has 0 N–H and O–H groups in total. The third kappa shape index (κ3) is 1.64. The minimum absolute atomic E-state index is 0.348. The van der Waals surface area contributed by atoms with Crippen molar-refractivity contribution in [3.63, 3.8) is 0 Å². The highest BCUT2D eigenvalue weighted by molar-refractivity contribution is 6.04. The molecule has 0 fully saturated rings. The molecule has 1 aliphatic rings. The molecule has 84 valence electrons. The lowest BCUT2D eigenvalue weighted by atomic mass is 9.92. The Morgan fingerprint density at radius 2 is 2.00 bits per heavy atom. The van der Waals surface area contributed by atoms with Crippen LogP contribution in [0.1, 0.15) is 19.4 Å². The van der Waals surface area contributed by atoms with Crippen molar-refractivity contribution in [2.45, 2.75) is 25.5 Å². The highest BCUT2D eigenvalue weighted by atomic mass is 16.7. The second-order valence-corrected chi connectivity index (χ2v) is 4.23. The SMILES string of the molecule is CC1(C)ON=C(c2ccccc2)[C@@H]1[N+](=O)[O-]. The Balaban J connectivity index is 2.40.